The van der Waals surface area contributed by atoms with Crippen LogP contribution >= 0.6 is 11.3 Å². The maximum Gasteiger partial charge on any atom is 0.227 e. The van der Waals surface area contributed by atoms with Crippen LogP contribution in [0.15, 0.2) is 174 Å². The van der Waals surface area contributed by atoms with Crippen LogP contribution in [0.25, 0.3) is 65.0 Å². The lowest BCUT2D eigenvalue weighted by atomic mass is 10.0. The molecule has 0 spiro atoms. The second-order valence-corrected chi connectivity index (χ2v) is 12.7. The van der Waals surface area contributed by atoms with Gasteiger partial charge in [0, 0.05) is 43.2 Å². The molecule has 0 N–H and O–H groups in total. The SMILES string of the molecule is c1ccc(-c2ccc(N(c3cccc(-c4ccccc4)c3)c3cccc4sc5cc6oc(-c7ccccc7)nc6cc5c34)cc2)cc1. The Bertz CT molecular complexity index is 2500. The summed E-state index contributed by atoms with van der Waals surface area (Å²) < 4.78 is 8.66. The maximum atomic E-state index is 6.26. The molecule has 47 heavy (non-hydrogen) atoms. The zero-order chi connectivity index (χ0) is 31.2. The summed E-state index contributed by atoms with van der Waals surface area (Å²) in [6.07, 6.45) is 0. The molecule has 0 aliphatic rings. The molecule has 3 nitrogen and oxygen atoms in total. The smallest absolute Gasteiger partial charge is 0.227 e. The van der Waals surface area contributed by atoms with Crippen LogP contribution in [0.4, 0.5) is 17.1 Å². The van der Waals surface area contributed by atoms with Crippen molar-refractivity contribution < 1.29 is 4.42 Å². The summed E-state index contributed by atoms with van der Waals surface area (Å²) >= 11 is 1.79. The molecule has 0 saturated heterocycles. The first-order valence-corrected chi connectivity index (χ1v) is 16.5. The fourth-order valence-corrected chi connectivity index (χ4v) is 7.57. The molecule has 0 unspecified atom stereocenters. The van der Waals surface area contributed by atoms with Crippen molar-refractivity contribution in [2.45, 2.75) is 0 Å². The molecule has 9 rings (SSSR count). The first-order chi connectivity index (χ1) is 23.3. The summed E-state index contributed by atoms with van der Waals surface area (Å²) in [4.78, 5) is 7.31. The molecule has 222 valence electrons. The van der Waals surface area contributed by atoms with Crippen LogP contribution < -0.4 is 4.90 Å². The van der Waals surface area contributed by atoms with Gasteiger partial charge in [0.2, 0.25) is 5.89 Å². The predicted octanol–water partition coefficient (Wildman–Crippen LogP) is 12.7. The molecule has 0 fully saturated rings. The lowest BCUT2D eigenvalue weighted by molar-refractivity contribution is 0.620. The Kier molecular flexibility index (Phi) is 6.65. The normalized spacial score (nSPS) is 11.4. The van der Waals surface area contributed by atoms with Gasteiger partial charge in [0.25, 0.3) is 0 Å². The summed E-state index contributed by atoms with van der Waals surface area (Å²) in [7, 11) is 0. The highest BCUT2D eigenvalue weighted by Gasteiger charge is 2.20. The number of anilines is 3. The minimum Gasteiger partial charge on any atom is -0.436 e. The first kappa shape index (κ1) is 27.3. The van der Waals surface area contributed by atoms with Crippen molar-refractivity contribution >= 4 is 59.7 Å². The summed E-state index contributed by atoms with van der Waals surface area (Å²) in [5.41, 5.74) is 10.7. The third-order valence-corrected chi connectivity index (χ3v) is 9.81. The van der Waals surface area contributed by atoms with Crippen molar-refractivity contribution in [1.29, 1.82) is 0 Å². The van der Waals surface area contributed by atoms with E-state index in [2.05, 4.69) is 144 Å². The topological polar surface area (TPSA) is 29.3 Å². The van der Waals surface area contributed by atoms with Crippen LogP contribution in [0.2, 0.25) is 0 Å². The molecule has 0 bridgehead atoms. The molecule has 0 radical (unpaired) electrons. The molecule has 0 amide bonds. The van der Waals surface area contributed by atoms with Gasteiger partial charge in [-0.3, -0.25) is 0 Å². The van der Waals surface area contributed by atoms with Gasteiger partial charge in [-0.25, -0.2) is 4.98 Å². The van der Waals surface area contributed by atoms with Crippen LogP contribution in [0, 0.1) is 0 Å². The molecule has 9 aromatic rings. The number of benzene rings is 7. The van der Waals surface area contributed by atoms with Gasteiger partial charge in [0.1, 0.15) is 5.52 Å². The van der Waals surface area contributed by atoms with E-state index in [0.717, 1.165) is 33.7 Å². The average Bonchev–Trinajstić information content (AvgIpc) is 3.73. The Labute approximate surface area is 276 Å². The quantitative estimate of drug-likeness (QED) is 0.185. The average molecular weight is 621 g/mol. The second kappa shape index (κ2) is 11.4. The molecule has 7 aromatic carbocycles. The number of oxazole rings is 1. The highest BCUT2D eigenvalue weighted by Crippen LogP contribution is 2.46. The Hall–Kier alpha value is -5.97. The van der Waals surface area contributed by atoms with E-state index in [1.807, 2.05) is 30.3 Å². The van der Waals surface area contributed by atoms with Crippen molar-refractivity contribution in [3.63, 3.8) is 0 Å². The van der Waals surface area contributed by atoms with Gasteiger partial charge >= 0.3 is 0 Å². The largest absolute Gasteiger partial charge is 0.436 e. The summed E-state index contributed by atoms with van der Waals surface area (Å²) in [5.74, 6) is 0.639. The van der Waals surface area contributed by atoms with E-state index in [0.29, 0.717) is 5.89 Å². The van der Waals surface area contributed by atoms with Gasteiger partial charge in [0.05, 0.1) is 5.69 Å². The zero-order valence-electron chi connectivity index (χ0n) is 25.4. The van der Waals surface area contributed by atoms with Crippen molar-refractivity contribution in [2.75, 3.05) is 4.90 Å². The van der Waals surface area contributed by atoms with E-state index in [1.165, 1.54) is 42.4 Å². The van der Waals surface area contributed by atoms with Crippen LogP contribution in [0.3, 0.4) is 0 Å². The van der Waals surface area contributed by atoms with Crippen LogP contribution in [-0.2, 0) is 0 Å². The minimum absolute atomic E-state index is 0.639. The molecule has 2 aromatic heterocycles. The van der Waals surface area contributed by atoms with Crippen LogP contribution in [-0.4, -0.2) is 4.98 Å². The molecule has 0 saturated carbocycles. The molecule has 0 aliphatic heterocycles. The molecule has 0 atom stereocenters. The zero-order valence-corrected chi connectivity index (χ0v) is 26.2. The van der Waals surface area contributed by atoms with Crippen LogP contribution in [0.5, 0.6) is 0 Å². The second-order valence-electron chi connectivity index (χ2n) is 11.6. The minimum atomic E-state index is 0.639. The number of fused-ring (bicyclic) bond motifs is 4. The molecule has 4 heteroatoms. The number of aromatic nitrogens is 1. The lowest BCUT2D eigenvalue weighted by Gasteiger charge is -2.27. The van der Waals surface area contributed by atoms with E-state index in [1.54, 1.807) is 11.3 Å². The number of nitrogens with zero attached hydrogens (tertiary/aromatic N) is 2. The van der Waals surface area contributed by atoms with E-state index in [4.69, 9.17) is 9.40 Å². The Morgan fingerprint density at radius 2 is 1.09 bits per heavy atom. The van der Waals surface area contributed by atoms with Crippen molar-refractivity contribution in [3.8, 4) is 33.7 Å². The third kappa shape index (κ3) is 4.96. The van der Waals surface area contributed by atoms with E-state index < -0.39 is 0 Å². The van der Waals surface area contributed by atoms with Gasteiger partial charge in [-0.2, -0.15) is 0 Å². The monoisotopic (exact) mass is 620 g/mol. The van der Waals surface area contributed by atoms with E-state index in [9.17, 15) is 0 Å². The molecular weight excluding hydrogens is 593 g/mol. The Balaban J connectivity index is 1.25. The van der Waals surface area contributed by atoms with Gasteiger partial charge in [-0.05, 0) is 76.9 Å². The van der Waals surface area contributed by atoms with Crippen molar-refractivity contribution in [1.82, 2.24) is 4.98 Å². The van der Waals surface area contributed by atoms with E-state index >= 15 is 0 Å². The van der Waals surface area contributed by atoms with Crippen LogP contribution in [0.1, 0.15) is 0 Å². The van der Waals surface area contributed by atoms with Gasteiger partial charge < -0.3 is 9.32 Å². The van der Waals surface area contributed by atoms with E-state index in [-0.39, 0.29) is 0 Å². The maximum absolute atomic E-state index is 6.26. The number of hydrogen-bond donors (Lipinski definition) is 0. The summed E-state index contributed by atoms with van der Waals surface area (Å²) in [6.45, 7) is 0. The highest BCUT2D eigenvalue weighted by molar-refractivity contribution is 7.26. The Morgan fingerprint density at radius 1 is 0.468 bits per heavy atom. The Morgan fingerprint density at radius 3 is 1.81 bits per heavy atom. The fraction of sp³-hybridized carbons (Fsp3) is 0. The molecule has 0 aliphatic carbocycles. The first-order valence-electron chi connectivity index (χ1n) is 15.7. The molecular formula is C43H28N2OS. The number of rotatable bonds is 6. The van der Waals surface area contributed by atoms with Crippen molar-refractivity contribution in [3.05, 3.63) is 170 Å². The summed E-state index contributed by atoms with van der Waals surface area (Å²) in [5, 5.41) is 2.38. The molecule has 2 heterocycles. The third-order valence-electron chi connectivity index (χ3n) is 8.69. The predicted molar refractivity (Wildman–Crippen MR) is 198 cm³/mol. The fourth-order valence-electron chi connectivity index (χ4n) is 6.44. The van der Waals surface area contributed by atoms with Gasteiger partial charge in [0.15, 0.2) is 5.58 Å². The lowest BCUT2D eigenvalue weighted by Crippen LogP contribution is -2.10. The highest BCUT2D eigenvalue weighted by atomic mass is 32.1. The number of hydrogen-bond acceptors (Lipinski definition) is 4. The standard InChI is InChI=1S/C43H28N2OS/c1-4-12-29(13-5-1)31-22-24-34(25-23-31)45(35-19-10-18-33(26-35)30-14-6-2-7-15-30)38-20-11-21-40-42(38)36-27-37-39(28-41(36)47-40)46-43(44-37)32-16-8-3-9-17-32/h1-28H. The van der Waals surface area contributed by atoms with Gasteiger partial charge in [-0.1, -0.05) is 109 Å². The number of thiophene rings is 1. The van der Waals surface area contributed by atoms with Gasteiger partial charge in [-0.15, -0.1) is 11.3 Å². The summed E-state index contributed by atoms with van der Waals surface area (Å²) in [6, 6.07) is 59.9. The van der Waals surface area contributed by atoms with Crippen molar-refractivity contribution in [2.24, 2.45) is 0 Å².